The summed E-state index contributed by atoms with van der Waals surface area (Å²) in [5.74, 6) is 0.505. The van der Waals surface area contributed by atoms with Crippen molar-refractivity contribution in [3.05, 3.63) is 52.8 Å². The molecule has 1 amide bonds. The lowest BCUT2D eigenvalue weighted by Crippen LogP contribution is -2.40. The molecule has 0 spiro atoms. The van der Waals surface area contributed by atoms with E-state index in [1.54, 1.807) is 6.20 Å². The number of likely N-dealkylation sites (tertiary alicyclic amines) is 1. The Bertz CT molecular complexity index is 637. The molecule has 1 fully saturated rings. The number of piperidine rings is 1. The highest BCUT2D eigenvalue weighted by Gasteiger charge is 2.24. The summed E-state index contributed by atoms with van der Waals surface area (Å²) in [6.07, 6.45) is 3.69. The average molecular weight is 334 g/mol. The fourth-order valence-electron chi connectivity index (χ4n) is 2.89. The zero-order valence-electron chi connectivity index (χ0n) is 12.9. The van der Waals surface area contributed by atoms with E-state index < -0.39 is 0 Å². The van der Waals surface area contributed by atoms with Crippen LogP contribution in [0, 0.1) is 0 Å². The number of nitrogens with one attached hydrogen (secondary N) is 1. The topological polar surface area (TPSA) is 58.2 Å². The number of carbonyl (C=O) groups excluding carboxylic acids is 1. The van der Waals surface area contributed by atoms with E-state index in [4.69, 9.17) is 16.3 Å². The number of amides is 1. The Morgan fingerprint density at radius 1 is 1.30 bits per heavy atom. The molecule has 0 saturated carbocycles. The predicted molar refractivity (Wildman–Crippen MR) is 88.3 cm³/mol. The Morgan fingerprint density at radius 2 is 2.09 bits per heavy atom. The minimum atomic E-state index is 0.0418. The fraction of sp³-hybridized carbons (Fsp3) is 0.412. The maximum atomic E-state index is 12.2. The SMILES string of the molecule is O=C(COCc1ccccc1Cl)N1CCC(c2ccn[nH]2)CC1. The van der Waals surface area contributed by atoms with Crippen molar-refractivity contribution in [1.29, 1.82) is 0 Å². The number of carbonyl (C=O) groups is 1. The maximum absolute atomic E-state index is 12.2. The molecule has 0 unspecified atom stereocenters. The minimum absolute atomic E-state index is 0.0418. The molecule has 1 saturated heterocycles. The lowest BCUT2D eigenvalue weighted by Gasteiger charge is -2.31. The summed E-state index contributed by atoms with van der Waals surface area (Å²) in [5.41, 5.74) is 2.06. The first-order chi connectivity index (χ1) is 11.2. The smallest absolute Gasteiger partial charge is 0.248 e. The maximum Gasteiger partial charge on any atom is 0.248 e. The Labute approximate surface area is 140 Å². The number of hydrogen-bond acceptors (Lipinski definition) is 3. The van der Waals surface area contributed by atoms with Gasteiger partial charge in [0.25, 0.3) is 0 Å². The molecule has 1 aromatic heterocycles. The largest absolute Gasteiger partial charge is 0.367 e. The average Bonchev–Trinajstić information content (AvgIpc) is 3.11. The number of aromatic nitrogens is 2. The quantitative estimate of drug-likeness (QED) is 0.915. The first-order valence-electron chi connectivity index (χ1n) is 7.82. The third-order valence-electron chi connectivity index (χ3n) is 4.25. The Hall–Kier alpha value is -1.85. The molecule has 6 heteroatoms. The van der Waals surface area contributed by atoms with Crippen molar-refractivity contribution < 1.29 is 9.53 Å². The van der Waals surface area contributed by atoms with Crippen molar-refractivity contribution in [3.8, 4) is 0 Å². The van der Waals surface area contributed by atoms with E-state index >= 15 is 0 Å². The van der Waals surface area contributed by atoms with E-state index in [2.05, 4.69) is 10.2 Å². The summed E-state index contributed by atoms with van der Waals surface area (Å²) in [4.78, 5) is 14.1. The van der Waals surface area contributed by atoms with Crippen LogP contribution in [0.2, 0.25) is 5.02 Å². The van der Waals surface area contributed by atoms with Crippen LogP contribution < -0.4 is 0 Å². The standard InChI is InChI=1S/C17H20ClN3O2/c18-15-4-2-1-3-14(15)11-23-12-17(22)21-9-6-13(7-10-21)16-5-8-19-20-16/h1-5,8,13H,6-7,9-12H2,(H,19,20). The van der Waals surface area contributed by atoms with Crippen molar-refractivity contribution in [2.24, 2.45) is 0 Å². The van der Waals surface area contributed by atoms with Crippen LogP contribution in [-0.4, -0.2) is 40.7 Å². The number of H-pyrrole nitrogens is 1. The van der Waals surface area contributed by atoms with Crippen molar-refractivity contribution in [3.63, 3.8) is 0 Å². The van der Waals surface area contributed by atoms with Gasteiger partial charge in [-0.3, -0.25) is 9.89 Å². The van der Waals surface area contributed by atoms with Crippen LogP contribution in [0.5, 0.6) is 0 Å². The molecule has 0 bridgehead atoms. The van der Waals surface area contributed by atoms with Crippen molar-refractivity contribution in [2.75, 3.05) is 19.7 Å². The molecule has 1 aliphatic rings. The van der Waals surface area contributed by atoms with E-state index in [1.807, 2.05) is 35.2 Å². The molecule has 2 heterocycles. The molecular weight excluding hydrogens is 314 g/mol. The van der Waals surface area contributed by atoms with Gasteiger partial charge in [0.15, 0.2) is 0 Å². The van der Waals surface area contributed by atoms with Crippen LogP contribution in [0.25, 0.3) is 0 Å². The van der Waals surface area contributed by atoms with Crippen LogP contribution >= 0.6 is 11.6 Å². The molecule has 122 valence electrons. The predicted octanol–water partition coefficient (Wildman–Crippen LogP) is 2.99. The summed E-state index contributed by atoms with van der Waals surface area (Å²) in [7, 11) is 0. The van der Waals surface area contributed by atoms with E-state index in [9.17, 15) is 4.79 Å². The molecule has 1 aromatic carbocycles. The summed E-state index contributed by atoms with van der Waals surface area (Å²) < 4.78 is 5.52. The van der Waals surface area contributed by atoms with Crippen molar-refractivity contribution in [2.45, 2.75) is 25.4 Å². The van der Waals surface area contributed by atoms with Crippen LogP contribution in [-0.2, 0) is 16.1 Å². The number of benzene rings is 1. The lowest BCUT2D eigenvalue weighted by molar-refractivity contribution is -0.137. The molecule has 23 heavy (non-hydrogen) atoms. The number of halogens is 1. The van der Waals surface area contributed by atoms with E-state index in [1.165, 1.54) is 0 Å². The fourth-order valence-corrected chi connectivity index (χ4v) is 3.08. The summed E-state index contributed by atoms with van der Waals surface area (Å²) in [6, 6.07) is 9.52. The summed E-state index contributed by atoms with van der Waals surface area (Å²) in [5, 5.41) is 7.68. The monoisotopic (exact) mass is 333 g/mol. The highest BCUT2D eigenvalue weighted by Crippen LogP contribution is 2.26. The van der Waals surface area contributed by atoms with E-state index in [-0.39, 0.29) is 12.5 Å². The van der Waals surface area contributed by atoms with Crippen molar-refractivity contribution >= 4 is 17.5 Å². The molecule has 0 atom stereocenters. The number of rotatable bonds is 5. The highest BCUT2D eigenvalue weighted by molar-refractivity contribution is 6.31. The van der Waals surface area contributed by atoms with Gasteiger partial charge in [-0.25, -0.2) is 0 Å². The van der Waals surface area contributed by atoms with E-state index in [0.717, 1.165) is 37.2 Å². The second kappa shape index (κ2) is 7.62. The van der Waals surface area contributed by atoms with Gasteiger partial charge < -0.3 is 9.64 Å². The minimum Gasteiger partial charge on any atom is -0.367 e. The number of aromatic amines is 1. The zero-order valence-corrected chi connectivity index (χ0v) is 13.6. The highest BCUT2D eigenvalue weighted by atomic mass is 35.5. The van der Waals surface area contributed by atoms with Gasteiger partial charge in [0, 0.05) is 35.9 Å². The Kier molecular flexibility index (Phi) is 5.31. The molecule has 2 aromatic rings. The lowest BCUT2D eigenvalue weighted by atomic mass is 9.94. The number of nitrogens with zero attached hydrogens (tertiary/aromatic N) is 2. The van der Waals surface area contributed by atoms with Gasteiger partial charge in [-0.2, -0.15) is 5.10 Å². The second-order valence-electron chi connectivity index (χ2n) is 5.75. The zero-order chi connectivity index (χ0) is 16.1. The third kappa shape index (κ3) is 4.12. The first kappa shape index (κ1) is 16.0. The molecule has 1 aliphatic heterocycles. The van der Waals surface area contributed by atoms with Gasteiger partial charge in [-0.05, 0) is 30.5 Å². The molecule has 5 nitrogen and oxygen atoms in total. The molecule has 0 radical (unpaired) electrons. The molecular formula is C17H20ClN3O2. The summed E-state index contributed by atoms with van der Waals surface area (Å²) in [6.45, 7) is 1.98. The summed E-state index contributed by atoms with van der Waals surface area (Å²) >= 11 is 6.07. The molecule has 3 rings (SSSR count). The Morgan fingerprint density at radius 3 is 2.78 bits per heavy atom. The van der Waals surface area contributed by atoms with Gasteiger partial charge in [0.2, 0.25) is 5.91 Å². The molecule has 0 aliphatic carbocycles. The van der Waals surface area contributed by atoms with Gasteiger partial charge in [0.1, 0.15) is 6.61 Å². The first-order valence-corrected chi connectivity index (χ1v) is 8.20. The van der Waals surface area contributed by atoms with Crippen LogP contribution in [0.3, 0.4) is 0 Å². The van der Waals surface area contributed by atoms with Gasteiger partial charge in [-0.1, -0.05) is 29.8 Å². The van der Waals surface area contributed by atoms with Crippen LogP contribution in [0.1, 0.15) is 30.0 Å². The second-order valence-corrected chi connectivity index (χ2v) is 6.16. The third-order valence-corrected chi connectivity index (χ3v) is 4.62. The number of ether oxygens (including phenoxy) is 1. The van der Waals surface area contributed by atoms with Gasteiger partial charge in [0.05, 0.1) is 6.61 Å². The van der Waals surface area contributed by atoms with E-state index in [0.29, 0.717) is 17.5 Å². The Balaban J connectivity index is 1.42. The van der Waals surface area contributed by atoms with Gasteiger partial charge >= 0.3 is 0 Å². The van der Waals surface area contributed by atoms with Crippen LogP contribution in [0.15, 0.2) is 36.5 Å². The van der Waals surface area contributed by atoms with Gasteiger partial charge in [-0.15, -0.1) is 0 Å². The molecule has 1 N–H and O–H groups in total. The normalized spacial score (nSPS) is 15.8. The van der Waals surface area contributed by atoms with Crippen molar-refractivity contribution in [1.82, 2.24) is 15.1 Å². The van der Waals surface area contributed by atoms with Crippen LogP contribution in [0.4, 0.5) is 0 Å². The number of hydrogen-bond donors (Lipinski definition) is 1.